The quantitative estimate of drug-likeness (QED) is 0.684. The molecule has 3 heterocycles. The van der Waals surface area contributed by atoms with Gasteiger partial charge >= 0.3 is 0 Å². The third kappa shape index (κ3) is 2.99. The molecule has 0 N–H and O–H groups in total. The highest BCUT2D eigenvalue weighted by Crippen LogP contribution is 2.23. The number of nitrogens with zero attached hydrogens (tertiary/aromatic N) is 5. The van der Waals surface area contributed by atoms with Crippen LogP contribution in [-0.2, 0) is 6.67 Å². The Morgan fingerprint density at radius 1 is 1.00 bits per heavy atom. The number of rotatable bonds is 3. The van der Waals surface area contributed by atoms with Crippen LogP contribution < -0.4 is 4.90 Å². The summed E-state index contributed by atoms with van der Waals surface area (Å²) in [6.07, 6.45) is 3.59. The van der Waals surface area contributed by atoms with Crippen molar-refractivity contribution in [3.8, 4) is 0 Å². The van der Waals surface area contributed by atoms with E-state index in [0.717, 1.165) is 42.8 Å². The predicted octanol–water partition coefficient (Wildman–Crippen LogP) is 3.00. The summed E-state index contributed by atoms with van der Waals surface area (Å²) in [7, 11) is 0. The molecule has 1 aliphatic heterocycles. The molecule has 0 bridgehead atoms. The Kier molecular flexibility index (Phi) is 4.07. The second-order valence-corrected chi connectivity index (χ2v) is 7.23. The molecule has 1 aromatic carbocycles. The first kappa shape index (κ1) is 14.7. The lowest BCUT2D eigenvalue weighted by molar-refractivity contribution is 0.208. The molecule has 7 heteroatoms. The average molecular weight is 343 g/mol. The molecule has 3 aromatic rings. The van der Waals surface area contributed by atoms with Crippen molar-refractivity contribution in [3.63, 3.8) is 0 Å². The lowest BCUT2D eigenvalue weighted by Gasteiger charge is -2.34. The molecule has 0 aliphatic carbocycles. The molecule has 5 nitrogen and oxygen atoms in total. The number of thiazole rings is 1. The van der Waals surface area contributed by atoms with Crippen molar-refractivity contribution in [2.75, 3.05) is 31.1 Å². The summed E-state index contributed by atoms with van der Waals surface area (Å²) >= 11 is 7.23. The topological polar surface area (TPSA) is 37.2 Å². The molecule has 4 rings (SSSR count). The Morgan fingerprint density at radius 2 is 1.74 bits per heavy atom. The lowest BCUT2D eigenvalue weighted by Crippen LogP contribution is -2.47. The van der Waals surface area contributed by atoms with Crippen molar-refractivity contribution in [2.24, 2.45) is 0 Å². The van der Waals surface area contributed by atoms with E-state index in [-0.39, 0.29) is 0 Å². The van der Waals surface area contributed by atoms with Gasteiger partial charge in [0.2, 0.25) is 5.95 Å². The Labute approximate surface area is 143 Å². The Morgan fingerprint density at radius 3 is 2.52 bits per heavy atom. The molecule has 23 heavy (non-hydrogen) atoms. The summed E-state index contributed by atoms with van der Waals surface area (Å²) in [6, 6.07) is 10.3. The van der Waals surface area contributed by atoms with E-state index in [9.17, 15) is 0 Å². The number of anilines is 1. The minimum atomic E-state index is 0.824. The van der Waals surface area contributed by atoms with Crippen molar-refractivity contribution in [3.05, 3.63) is 46.7 Å². The van der Waals surface area contributed by atoms with E-state index >= 15 is 0 Å². The first-order chi connectivity index (χ1) is 11.3. The lowest BCUT2D eigenvalue weighted by atomic mass is 10.3. The fraction of sp³-hybridized carbons (Fsp3) is 0.312. The van der Waals surface area contributed by atoms with Gasteiger partial charge in [-0.05, 0) is 30.4 Å². The molecular formula is C16H17N5S2. The van der Waals surface area contributed by atoms with Crippen molar-refractivity contribution in [2.45, 2.75) is 6.67 Å². The fourth-order valence-electron chi connectivity index (χ4n) is 2.89. The molecule has 0 amide bonds. The first-order valence-corrected chi connectivity index (χ1v) is 8.86. The van der Waals surface area contributed by atoms with Crippen molar-refractivity contribution < 1.29 is 0 Å². The van der Waals surface area contributed by atoms with Gasteiger partial charge in [0.25, 0.3) is 0 Å². The molecule has 0 radical (unpaired) electrons. The zero-order valence-electron chi connectivity index (χ0n) is 12.6. The maximum absolute atomic E-state index is 5.55. The van der Waals surface area contributed by atoms with E-state index in [0.29, 0.717) is 0 Å². The highest BCUT2D eigenvalue weighted by Gasteiger charge is 2.19. The number of piperazine rings is 1. The van der Waals surface area contributed by atoms with Gasteiger partial charge in [-0.25, -0.2) is 9.97 Å². The molecule has 0 saturated carbocycles. The van der Waals surface area contributed by atoms with E-state index in [1.807, 2.05) is 6.07 Å². The van der Waals surface area contributed by atoms with E-state index in [2.05, 4.69) is 48.6 Å². The van der Waals surface area contributed by atoms with Gasteiger partial charge in [0.05, 0.1) is 16.9 Å². The third-order valence-corrected chi connectivity index (χ3v) is 5.55. The summed E-state index contributed by atoms with van der Waals surface area (Å²) in [6.45, 7) is 4.72. The van der Waals surface area contributed by atoms with Crippen molar-refractivity contribution in [1.82, 2.24) is 19.4 Å². The zero-order valence-corrected chi connectivity index (χ0v) is 14.3. The van der Waals surface area contributed by atoms with E-state index < -0.39 is 0 Å². The van der Waals surface area contributed by atoms with Crippen molar-refractivity contribution in [1.29, 1.82) is 0 Å². The minimum Gasteiger partial charge on any atom is -0.338 e. The van der Waals surface area contributed by atoms with Crippen LogP contribution in [0.5, 0.6) is 0 Å². The summed E-state index contributed by atoms with van der Waals surface area (Å²) in [4.78, 5) is 13.3. The van der Waals surface area contributed by atoms with Crippen LogP contribution in [0.1, 0.15) is 0 Å². The summed E-state index contributed by atoms with van der Waals surface area (Å²) in [5.41, 5.74) is 1.23. The second kappa shape index (κ2) is 6.35. The van der Waals surface area contributed by atoms with Gasteiger partial charge < -0.3 is 9.47 Å². The number of aromatic nitrogens is 3. The highest BCUT2D eigenvalue weighted by molar-refractivity contribution is 7.73. The summed E-state index contributed by atoms with van der Waals surface area (Å²) in [5, 5.41) is 0. The molecule has 1 aliphatic rings. The Hall–Kier alpha value is -1.83. The smallest absolute Gasteiger partial charge is 0.225 e. The van der Waals surface area contributed by atoms with Gasteiger partial charge in [-0.15, -0.1) is 11.3 Å². The number of benzene rings is 1. The summed E-state index contributed by atoms with van der Waals surface area (Å²) in [5.74, 6) is 0.824. The van der Waals surface area contributed by atoms with Crippen LogP contribution in [-0.4, -0.2) is 45.6 Å². The number of hydrogen-bond donors (Lipinski definition) is 0. The van der Waals surface area contributed by atoms with Gasteiger partial charge in [-0.3, -0.25) is 4.90 Å². The minimum absolute atomic E-state index is 0.824. The van der Waals surface area contributed by atoms with E-state index in [4.69, 9.17) is 12.2 Å². The summed E-state index contributed by atoms with van der Waals surface area (Å²) < 4.78 is 4.44. The van der Waals surface area contributed by atoms with Gasteiger partial charge in [-0.1, -0.05) is 12.1 Å². The highest BCUT2D eigenvalue weighted by atomic mass is 32.1. The van der Waals surface area contributed by atoms with Crippen molar-refractivity contribution >= 4 is 39.7 Å². The molecule has 1 saturated heterocycles. The van der Waals surface area contributed by atoms with Crippen LogP contribution in [0, 0.1) is 3.95 Å². The number of fused-ring (bicyclic) bond motifs is 1. The molecule has 118 valence electrons. The third-order valence-electron chi connectivity index (χ3n) is 4.12. The Bertz CT molecular complexity index is 850. The van der Waals surface area contributed by atoms with Gasteiger partial charge in [0.15, 0.2) is 3.95 Å². The number of hydrogen-bond acceptors (Lipinski definition) is 6. The fourth-order valence-corrected chi connectivity index (χ4v) is 4.20. The van der Waals surface area contributed by atoms with Crippen LogP contribution in [0.25, 0.3) is 10.2 Å². The SMILES string of the molecule is S=c1sc2ccccc2n1CN1CCN(c2ncccn2)CC1. The standard InChI is InChI=1S/C16H17N5S2/c22-16-21(13-4-1-2-5-14(13)23-16)12-19-8-10-20(11-9-19)15-17-6-3-7-18-15/h1-7H,8-12H2. The average Bonchev–Trinajstić information content (AvgIpc) is 2.92. The number of para-hydroxylation sites is 1. The maximum atomic E-state index is 5.55. The van der Waals surface area contributed by atoms with Crippen LogP contribution in [0.2, 0.25) is 0 Å². The normalized spacial score (nSPS) is 16.1. The molecule has 2 aromatic heterocycles. The van der Waals surface area contributed by atoms with Gasteiger partial charge in [0.1, 0.15) is 0 Å². The van der Waals surface area contributed by atoms with E-state index in [1.54, 1.807) is 23.7 Å². The first-order valence-electron chi connectivity index (χ1n) is 7.64. The molecule has 0 unspecified atom stereocenters. The molecule has 0 spiro atoms. The monoisotopic (exact) mass is 343 g/mol. The van der Waals surface area contributed by atoms with Crippen LogP contribution >= 0.6 is 23.6 Å². The maximum Gasteiger partial charge on any atom is 0.225 e. The molecule has 0 atom stereocenters. The van der Waals surface area contributed by atoms with Crippen LogP contribution in [0.4, 0.5) is 5.95 Å². The largest absolute Gasteiger partial charge is 0.338 e. The predicted molar refractivity (Wildman–Crippen MR) is 96.5 cm³/mol. The van der Waals surface area contributed by atoms with E-state index in [1.165, 1.54) is 10.2 Å². The molecule has 1 fully saturated rings. The van der Waals surface area contributed by atoms with Crippen LogP contribution in [0.15, 0.2) is 42.7 Å². The zero-order chi connectivity index (χ0) is 15.6. The van der Waals surface area contributed by atoms with Crippen LogP contribution in [0.3, 0.4) is 0 Å². The van der Waals surface area contributed by atoms with Gasteiger partial charge in [-0.2, -0.15) is 0 Å². The molecular weight excluding hydrogens is 326 g/mol. The van der Waals surface area contributed by atoms with Gasteiger partial charge in [0, 0.05) is 38.6 Å². The second-order valence-electron chi connectivity index (χ2n) is 5.56. The Balaban J connectivity index is 1.47.